The molecule has 7 nitrogen and oxygen atoms in total. The Morgan fingerprint density at radius 1 is 1.28 bits per heavy atom. The van der Waals surface area contributed by atoms with Crippen LogP contribution in [0.25, 0.3) is 0 Å². The van der Waals surface area contributed by atoms with Gasteiger partial charge in [0.15, 0.2) is 0 Å². The third-order valence-electron chi connectivity index (χ3n) is 5.73. The van der Waals surface area contributed by atoms with Gasteiger partial charge in [-0.25, -0.2) is 4.79 Å². The molecule has 0 bridgehead atoms. The molecule has 7 heteroatoms. The summed E-state index contributed by atoms with van der Waals surface area (Å²) >= 11 is 0. The maximum atomic E-state index is 12.4. The molecule has 0 aliphatic heterocycles. The first-order valence-electron chi connectivity index (χ1n) is 11.1. The zero-order valence-corrected chi connectivity index (χ0v) is 19.4. The third kappa shape index (κ3) is 5.64. The van der Waals surface area contributed by atoms with Crippen molar-refractivity contribution in [1.29, 1.82) is 5.26 Å². The van der Waals surface area contributed by atoms with Gasteiger partial charge in [0.1, 0.15) is 0 Å². The van der Waals surface area contributed by atoms with Gasteiger partial charge in [0.05, 0.1) is 30.1 Å². The number of hydrogen-bond donors (Lipinski definition) is 3. The van der Waals surface area contributed by atoms with Crippen LogP contribution in [-0.4, -0.2) is 33.8 Å². The molecule has 0 radical (unpaired) electrons. The third-order valence-corrected chi connectivity index (χ3v) is 5.73. The number of rotatable bonds is 8. The van der Waals surface area contributed by atoms with Crippen LogP contribution in [0.1, 0.15) is 43.4 Å². The van der Waals surface area contributed by atoms with E-state index < -0.39 is 6.09 Å². The number of hydrogen-bond acceptors (Lipinski definition) is 6. The highest BCUT2D eigenvalue weighted by atomic mass is 16.5. The molecule has 1 aliphatic rings. The van der Waals surface area contributed by atoms with Crippen LogP contribution in [0.2, 0.25) is 0 Å². The van der Waals surface area contributed by atoms with Crippen molar-refractivity contribution >= 4 is 28.8 Å². The lowest BCUT2D eigenvalue weighted by molar-refractivity contribution is 0.145. The fourth-order valence-corrected chi connectivity index (χ4v) is 4.19. The van der Waals surface area contributed by atoms with Crippen molar-refractivity contribution in [2.45, 2.75) is 38.6 Å². The van der Waals surface area contributed by atoms with Crippen LogP contribution in [0.4, 0.5) is 27.5 Å². The summed E-state index contributed by atoms with van der Waals surface area (Å²) < 4.78 is 5.32. The molecular weight excluding hydrogens is 402 g/mol. The van der Waals surface area contributed by atoms with Crippen molar-refractivity contribution in [3.63, 3.8) is 0 Å². The maximum absolute atomic E-state index is 12.4. The van der Waals surface area contributed by atoms with Gasteiger partial charge in [-0.2, -0.15) is 5.26 Å². The van der Waals surface area contributed by atoms with Gasteiger partial charge in [-0.05, 0) is 54.7 Å². The van der Waals surface area contributed by atoms with Crippen molar-refractivity contribution in [3.05, 3.63) is 47.5 Å². The van der Waals surface area contributed by atoms with E-state index in [0.717, 1.165) is 42.0 Å². The standard InChI is InChI=1S/C25H33N5O2/c1-17(13-14-26)16-32-25(31)29-23-12-11-20-21(24(23)30(3)4)9-6-10-22(20)28-19-8-5-7-18(15-19)27-2/h5,7-8,11-12,15,17,22,27-28H,6,9-10,13,16H2,1-4H3,(H,29,31). The Morgan fingerprint density at radius 3 is 2.78 bits per heavy atom. The van der Waals surface area contributed by atoms with Crippen LogP contribution < -0.4 is 20.9 Å². The Labute approximate surface area is 190 Å². The lowest BCUT2D eigenvalue weighted by atomic mass is 9.85. The second-order valence-corrected chi connectivity index (χ2v) is 8.53. The molecule has 0 spiro atoms. The molecule has 1 amide bonds. The summed E-state index contributed by atoms with van der Waals surface area (Å²) in [6.07, 6.45) is 2.95. The Bertz CT molecular complexity index is 983. The van der Waals surface area contributed by atoms with Crippen LogP contribution >= 0.6 is 0 Å². The van der Waals surface area contributed by atoms with E-state index in [0.29, 0.717) is 6.42 Å². The Hall–Kier alpha value is -3.40. The summed E-state index contributed by atoms with van der Waals surface area (Å²) in [6, 6.07) is 14.6. The minimum absolute atomic E-state index is 0.0100. The van der Waals surface area contributed by atoms with E-state index in [1.807, 2.05) is 46.3 Å². The molecule has 32 heavy (non-hydrogen) atoms. The lowest BCUT2D eigenvalue weighted by Gasteiger charge is -2.32. The molecule has 2 aromatic rings. The van der Waals surface area contributed by atoms with Crippen LogP contribution in [0.15, 0.2) is 36.4 Å². The van der Waals surface area contributed by atoms with Gasteiger partial charge in [0, 0.05) is 44.9 Å². The highest BCUT2D eigenvalue weighted by Crippen LogP contribution is 2.41. The number of benzene rings is 2. The van der Waals surface area contributed by atoms with Crippen LogP contribution in [0, 0.1) is 17.2 Å². The fraction of sp³-hybridized carbons (Fsp3) is 0.440. The predicted molar refractivity (Wildman–Crippen MR) is 130 cm³/mol. The van der Waals surface area contributed by atoms with Crippen LogP contribution in [-0.2, 0) is 11.2 Å². The van der Waals surface area contributed by atoms with E-state index in [1.165, 1.54) is 11.1 Å². The molecule has 0 fully saturated rings. The van der Waals surface area contributed by atoms with Crippen LogP contribution in [0.3, 0.4) is 0 Å². The van der Waals surface area contributed by atoms with Crippen molar-refractivity contribution < 1.29 is 9.53 Å². The molecule has 2 aromatic carbocycles. The smallest absolute Gasteiger partial charge is 0.411 e. The molecule has 0 saturated heterocycles. The van der Waals surface area contributed by atoms with Gasteiger partial charge in [0.25, 0.3) is 0 Å². The topological polar surface area (TPSA) is 89.4 Å². The van der Waals surface area contributed by atoms with Gasteiger partial charge in [-0.3, -0.25) is 5.32 Å². The van der Waals surface area contributed by atoms with Gasteiger partial charge in [0.2, 0.25) is 0 Å². The number of nitrogens with zero attached hydrogens (tertiary/aromatic N) is 2. The van der Waals surface area contributed by atoms with E-state index >= 15 is 0 Å². The van der Waals surface area contributed by atoms with E-state index in [9.17, 15) is 4.79 Å². The molecule has 3 rings (SSSR count). The highest BCUT2D eigenvalue weighted by Gasteiger charge is 2.25. The Kier molecular flexibility index (Phi) is 7.82. The first kappa shape index (κ1) is 23.3. The first-order valence-corrected chi connectivity index (χ1v) is 11.1. The molecule has 170 valence electrons. The normalized spacial score (nSPS) is 15.7. The Balaban J connectivity index is 1.81. The second kappa shape index (κ2) is 10.8. The maximum Gasteiger partial charge on any atom is 0.411 e. The quantitative estimate of drug-likeness (QED) is 0.516. The van der Waals surface area contributed by atoms with Crippen molar-refractivity contribution in [2.75, 3.05) is 48.6 Å². The number of nitriles is 1. The zero-order chi connectivity index (χ0) is 23.1. The molecule has 2 unspecified atom stereocenters. The number of fused-ring (bicyclic) bond motifs is 1. The summed E-state index contributed by atoms with van der Waals surface area (Å²) in [5.41, 5.74) is 6.42. The lowest BCUT2D eigenvalue weighted by Crippen LogP contribution is -2.24. The molecule has 0 aromatic heterocycles. The van der Waals surface area contributed by atoms with Crippen molar-refractivity contribution in [3.8, 4) is 6.07 Å². The largest absolute Gasteiger partial charge is 0.449 e. The summed E-state index contributed by atoms with van der Waals surface area (Å²) in [5, 5.41) is 18.5. The van der Waals surface area contributed by atoms with Crippen molar-refractivity contribution in [2.24, 2.45) is 5.92 Å². The SMILES string of the molecule is CNc1cccc(NC2CCCc3c2ccc(NC(=O)OCC(C)CC#N)c3N(C)C)c1. The van der Waals surface area contributed by atoms with E-state index in [2.05, 4.69) is 45.1 Å². The number of ether oxygens (including phenoxy) is 1. The minimum atomic E-state index is -0.493. The average molecular weight is 436 g/mol. The van der Waals surface area contributed by atoms with Gasteiger partial charge in [-0.1, -0.05) is 19.1 Å². The average Bonchev–Trinajstić information content (AvgIpc) is 2.77. The number of amides is 1. The Morgan fingerprint density at radius 2 is 2.06 bits per heavy atom. The fourth-order valence-electron chi connectivity index (χ4n) is 4.19. The number of anilines is 4. The number of nitrogens with one attached hydrogen (secondary N) is 3. The van der Waals surface area contributed by atoms with E-state index in [1.54, 1.807) is 0 Å². The summed E-state index contributed by atoms with van der Waals surface area (Å²) in [7, 11) is 5.91. The molecule has 0 heterocycles. The van der Waals surface area contributed by atoms with E-state index in [4.69, 9.17) is 10.00 Å². The van der Waals surface area contributed by atoms with Gasteiger partial charge < -0.3 is 20.3 Å². The number of carbonyl (C=O) groups excluding carboxylic acids is 1. The predicted octanol–water partition coefficient (Wildman–Crippen LogP) is 5.38. The van der Waals surface area contributed by atoms with E-state index in [-0.39, 0.29) is 18.6 Å². The molecule has 3 N–H and O–H groups in total. The van der Waals surface area contributed by atoms with Crippen molar-refractivity contribution in [1.82, 2.24) is 0 Å². The molecule has 0 saturated carbocycles. The second-order valence-electron chi connectivity index (χ2n) is 8.53. The van der Waals surface area contributed by atoms with Gasteiger partial charge in [-0.15, -0.1) is 0 Å². The highest BCUT2D eigenvalue weighted by molar-refractivity contribution is 5.91. The number of carbonyl (C=O) groups is 1. The summed E-state index contributed by atoms with van der Waals surface area (Å²) in [5.74, 6) is 0.0100. The molecule has 2 atom stereocenters. The summed E-state index contributed by atoms with van der Waals surface area (Å²) in [4.78, 5) is 14.4. The first-order chi connectivity index (χ1) is 15.4. The summed E-state index contributed by atoms with van der Waals surface area (Å²) in [6.45, 7) is 2.11. The molecule has 1 aliphatic carbocycles. The molecular formula is C25H33N5O2. The minimum Gasteiger partial charge on any atom is -0.449 e. The van der Waals surface area contributed by atoms with Gasteiger partial charge >= 0.3 is 6.09 Å². The van der Waals surface area contributed by atoms with Crippen LogP contribution in [0.5, 0.6) is 0 Å². The monoisotopic (exact) mass is 435 g/mol. The zero-order valence-electron chi connectivity index (χ0n) is 19.4.